The van der Waals surface area contributed by atoms with Crippen molar-refractivity contribution in [2.75, 3.05) is 14.2 Å². The van der Waals surface area contributed by atoms with Gasteiger partial charge >= 0.3 is 0 Å². The molecule has 1 N–H and O–H groups in total. The lowest BCUT2D eigenvalue weighted by atomic mass is 10.1. The van der Waals surface area contributed by atoms with Crippen LogP contribution in [-0.4, -0.2) is 14.2 Å². The summed E-state index contributed by atoms with van der Waals surface area (Å²) in [5.74, 6) is 1.38. The van der Waals surface area contributed by atoms with Gasteiger partial charge in [0.1, 0.15) is 6.04 Å². The van der Waals surface area contributed by atoms with Crippen molar-refractivity contribution in [3.63, 3.8) is 0 Å². The van der Waals surface area contributed by atoms with Crippen LogP contribution in [-0.2, 0) is 6.54 Å². The molecule has 4 nitrogen and oxygen atoms in total. The Hall–Kier alpha value is -2.51. The zero-order valence-electron chi connectivity index (χ0n) is 12.2. The fraction of sp³-hybridized carbons (Fsp3) is 0.235. The van der Waals surface area contributed by atoms with E-state index in [1.54, 1.807) is 14.2 Å². The molecule has 0 aromatic heterocycles. The Morgan fingerprint density at radius 1 is 1.05 bits per heavy atom. The van der Waals surface area contributed by atoms with E-state index in [2.05, 4.69) is 11.4 Å². The van der Waals surface area contributed by atoms with E-state index in [0.29, 0.717) is 18.0 Å². The molecular formula is C17H18N2O2. The van der Waals surface area contributed by atoms with Crippen molar-refractivity contribution in [2.45, 2.75) is 12.6 Å². The Morgan fingerprint density at radius 2 is 1.76 bits per heavy atom. The smallest absolute Gasteiger partial charge is 0.161 e. The van der Waals surface area contributed by atoms with Gasteiger partial charge < -0.3 is 9.47 Å². The minimum absolute atomic E-state index is 0.334. The van der Waals surface area contributed by atoms with Gasteiger partial charge in [0.15, 0.2) is 11.5 Å². The van der Waals surface area contributed by atoms with Crippen LogP contribution < -0.4 is 14.8 Å². The Kier molecular flexibility index (Phi) is 5.19. The van der Waals surface area contributed by atoms with E-state index < -0.39 is 0 Å². The minimum atomic E-state index is -0.334. The molecule has 0 saturated carbocycles. The number of hydrogen-bond acceptors (Lipinski definition) is 4. The SMILES string of the molecule is COc1ccc(CNC(C#N)c2ccccc2)cc1OC. The van der Waals surface area contributed by atoms with Crippen LogP contribution in [0.25, 0.3) is 0 Å². The number of hydrogen-bond donors (Lipinski definition) is 1. The third-order valence-corrected chi connectivity index (χ3v) is 3.22. The summed E-state index contributed by atoms with van der Waals surface area (Å²) in [7, 11) is 3.22. The van der Waals surface area contributed by atoms with Gasteiger partial charge in [0.2, 0.25) is 0 Å². The van der Waals surface area contributed by atoms with Crippen molar-refractivity contribution < 1.29 is 9.47 Å². The van der Waals surface area contributed by atoms with E-state index in [9.17, 15) is 5.26 Å². The molecule has 0 heterocycles. The van der Waals surface area contributed by atoms with Gasteiger partial charge in [0.05, 0.1) is 20.3 Å². The molecule has 0 amide bonds. The van der Waals surface area contributed by atoms with Gasteiger partial charge in [-0.15, -0.1) is 0 Å². The van der Waals surface area contributed by atoms with E-state index in [-0.39, 0.29) is 6.04 Å². The van der Waals surface area contributed by atoms with Gasteiger partial charge in [-0.2, -0.15) is 5.26 Å². The highest BCUT2D eigenvalue weighted by Gasteiger charge is 2.10. The first-order valence-corrected chi connectivity index (χ1v) is 6.67. The van der Waals surface area contributed by atoms with Gasteiger partial charge in [0, 0.05) is 6.54 Å². The van der Waals surface area contributed by atoms with Crippen molar-refractivity contribution in [1.82, 2.24) is 5.32 Å². The normalized spacial score (nSPS) is 11.5. The molecule has 2 rings (SSSR count). The van der Waals surface area contributed by atoms with E-state index >= 15 is 0 Å². The number of nitrogens with one attached hydrogen (secondary N) is 1. The second-order valence-electron chi connectivity index (χ2n) is 4.54. The van der Waals surface area contributed by atoms with Crippen LogP contribution in [0.15, 0.2) is 48.5 Å². The lowest BCUT2D eigenvalue weighted by molar-refractivity contribution is 0.354. The van der Waals surface area contributed by atoms with Crippen molar-refractivity contribution in [3.8, 4) is 17.6 Å². The van der Waals surface area contributed by atoms with Crippen molar-refractivity contribution in [2.24, 2.45) is 0 Å². The average molecular weight is 282 g/mol. The molecule has 1 unspecified atom stereocenters. The Balaban J connectivity index is 2.07. The van der Waals surface area contributed by atoms with Crippen LogP contribution in [0.4, 0.5) is 0 Å². The maximum Gasteiger partial charge on any atom is 0.161 e. The summed E-state index contributed by atoms with van der Waals surface area (Å²) < 4.78 is 10.5. The summed E-state index contributed by atoms with van der Waals surface area (Å²) in [4.78, 5) is 0. The largest absolute Gasteiger partial charge is 0.493 e. The highest BCUT2D eigenvalue weighted by Crippen LogP contribution is 2.27. The lowest BCUT2D eigenvalue weighted by Gasteiger charge is -2.13. The van der Waals surface area contributed by atoms with Crippen molar-refractivity contribution in [1.29, 1.82) is 5.26 Å². The molecular weight excluding hydrogens is 264 g/mol. The minimum Gasteiger partial charge on any atom is -0.493 e. The molecule has 0 aliphatic heterocycles. The van der Waals surface area contributed by atoms with E-state index in [0.717, 1.165) is 11.1 Å². The van der Waals surface area contributed by atoms with Crippen LogP contribution >= 0.6 is 0 Å². The summed E-state index contributed by atoms with van der Waals surface area (Å²) in [6.07, 6.45) is 0. The number of benzene rings is 2. The Morgan fingerprint density at radius 3 is 2.38 bits per heavy atom. The maximum absolute atomic E-state index is 9.28. The highest BCUT2D eigenvalue weighted by molar-refractivity contribution is 5.43. The number of rotatable bonds is 6. The molecule has 4 heteroatoms. The van der Waals surface area contributed by atoms with E-state index in [4.69, 9.17) is 9.47 Å². The second-order valence-corrected chi connectivity index (χ2v) is 4.54. The monoisotopic (exact) mass is 282 g/mol. The quantitative estimate of drug-likeness (QED) is 0.884. The fourth-order valence-electron chi connectivity index (χ4n) is 2.09. The molecule has 2 aromatic carbocycles. The number of nitriles is 1. The summed E-state index contributed by atoms with van der Waals surface area (Å²) in [5, 5.41) is 12.5. The van der Waals surface area contributed by atoms with Gasteiger partial charge in [-0.3, -0.25) is 5.32 Å². The molecule has 0 bridgehead atoms. The molecule has 0 spiro atoms. The lowest BCUT2D eigenvalue weighted by Crippen LogP contribution is -2.19. The summed E-state index contributed by atoms with van der Waals surface area (Å²) in [6.45, 7) is 0.577. The first-order chi connectivity index (χ1) is 10.3. The number of ether oxygens (including phenoxy) is 2. The second kappa shape index (κ2) is 7.32. The Labute approximate surface area is 124 Å². The highest BCUT2D eigenvalue weighted by atomic mass is 16.5. The maximum atomic E-state index is 9.28. The van der Waals surface area contributed by atoms with Gasteiger partial charge in [0.25, 0.3) is 0 Å². The zero-order chi connectivity index (χ0) is 15.1. The van der Waals surface area contributed by atoms with Crippen molar-refractivity contribution >= 4 is 0 Å². The predicted molar refractivity (Wildman–Crippen MR) is 81.2 cm³/mol. The molecule has 0 fully saturated rings. The summed E-state index contributed by atoms with van der Waals surface area (Å²) in [5.41, 5.74) is 1.99. The van der Waals surface area contributed by atoms with Crippen LogP contribution in [0.2, 0.25) is 0 Å². The first-order valence-electron chi connectivity index (χ1n) is 6.67. The average Bonchev–Trinajstić information content (AvgIpc) is 2.56. The fourth-order valence-corrected chi connectivity index (χ4v) is 2.09. The predicted octanol–water partition coefficient (Wildman–Crippen LogP) is 3.06. The topological polar surface area (TPSA) is 54.3 Å². The summed E-state index contributed by atoms with van der Waals surface area (Å²) >= 11 is 0. The van der Waals surface area contributed by atoms with Gasteiger partial charge in [-0.05, 0) is 23.3 Å². The standard InChI is InChI=1S/C17H18N2O2/c1-20-16-9-8-13(10-17(16)21-2)12-19-15(11-18)14-6-4-3-5-7-14/h3-10,15,19H,12H2,1-2H3. The third-order valence-electron chi connectivity index (χ3n) is 3.22. The molecule has 0 aliphatic carbocycles. The number of nitrogens with zero attached hydrogens (tertiary/aromatic N) is 1. The van der Waals surface area contributed by atoms with Gasteiger partial charge in [-0.25, -0.2) is 0 Å². The van der Waals surface area contributed by atoms with Crippen LogP contribution in [0.1, 0.15) is 17.2 Å². The van der Waals surface area contributed by atoms with Gasteiger partial charge in [-0.1, -0.05) is 36.4 Å². The third kappa shape index (κ3) is 3.74. The molecule has 0 saturated heterocycles. The van der Waals surface area contributed by atoms with Crippen LogP contribution in [0.3, 0.4) is 0 Å². The molecule has 1 atom stereocenters. The molecule has 0 radical (unpaired) electrons. The van der Waals surface area contributed by atoms with E-state index in [1.807, 2.05) is 48.5 Å². The Bertz CT molecular complexity index is 620. The first kappa shape index (κ1) is 14.9. The molecule has 0 aliphatic rings. The molecule has 2 aromatic rings. The number of methoxy groups -OCH3 is 2. The molecule has 21 heavy (non-hydrogen) atoms. The molecule has 108 valence electrons. The van der Waals surface area contributed by atoms with Crippen molar-refractivity contribution in [3.05, 3.63) is 59.7 Å². The summed E-state index contributed by atoms with van der Waals surface area (Å²) in [6, 6.07) is 17.3. The van der Waals surface area contributed by atoms with Crippen LogP contribution in [0.5, 0.6) is 11.5 Å². The zero-order valence-corrected chi connectivity index (χ0v) is 12.2. The van der Waals surface area contributed by atoms with E-state index in [1.165, 1.54) is 0 Å². The van der Waals surface area contributed by atoms with Crippen LogP contribution in [0, 0.1) is 11.3 Å².